The maximum Gasteiger partial charge on any atom is 0.271 e. The first-order valence-electron chi connectivity index (χ1n) is 9.78. The lowest BCUT2D eigenvalue weighted by Gasteiger charge is -2.11. The molecule has 9 nitrogen and oxygen atoms in total. The Kier molecular flexibility index (Phi) is 8.44. The molecule has 10 heteroatoms. The van der Waals surface area contributed by atoms with Crippen molar-refractivity contribution in [3.8, 4) is 0 Å². The van der Waals surface area contributed by atoms with Crippen LogP contribution in [-0.4, -0.2) is 40.3 Å². The molecule has 0 aliphatic rings. The number of benzene rings is 2. The number of ether oxygens (including phenoxy) is 2. The van der Waals surface area contributed by atoms with Crippen molar-refractivity contribution in [2.24, 2.45) is 5.73 Å². The number of hydrogen-bond donors (Lipinski definition) is 4. The molecule has 0 aliphatic heterocycles. The van der Waals surface area contributed by atoms with Crippen LogP contribution >= 0.6 is 12.2 Å². The molecule has 0 unspecified atom stereocenters. The van der Waals surface area contributed by atoms with Crippen molar-refractivity contribution in [3.05, 3.63) is 83.2 Å². The SMILES string of the molecule is NC(=O)c1n[nH]c(COCCOCc2ccccc2)c1NC(=S)NC(=O)c1ccccc1. The van der Waals surface area contributed by atoms with E-state index in [1.54, 1.807) is 30.3 Å². The first-order valence-corrected chi connectivity index (χ1v) is 10.2. The first-order chi connectivity index (χ1) is 15.5. The summed E-state index contributed by atoms with van der Waals surface area (Å²) >= 11 is 5.20. The molecule has 1 aromatic heterocycles. The number of hydrogen-bond acceptors (Lipinski definition) is 6. The van der Waals surface area contributed by atoms with Crippen LogP contribution in [0.25, 0.3) is 0 Å². The molecule has 0 aliphatic carbocycles. The first kappa shape index (κ1) is 23.1. The van der Waals surface area contributed by atoms with Crippen LogP contribution in [-0.2, 0) is 22.7 Å². The van der Waals surface area contributed by atoms with E-state index >= 15 is 0 Å². The van der Waals surface area contributed by atoms with Gasteiger partial charge in [-0.05, 0) is 29.9 Å². The van der Waals surface area contributed by atoms with Gasteiger partial charge in [-0.1, -0.05) is 48.5 Å². The van der Waals surface area contributed by atoms with Gasteiger partial charge >= 0.3 is 0 Å². The van der Waals surface area contributed by atoms with Gasteiger partial charge in [-0.3, -0.25) is 20.0 Å². The third-order valence-corrected chi connectivity index (χ3v) is 4.51. The molecule has 5 N–H and O–H groups in total. The smallest absolute Gasteiger partial charge is 0.271 e. The number of carbonyl (C=O) groups is 2. The third-order valence-electron chi connectivity index (χ3n) is 4.31. The number of primary amides is 1. The predicted octanol–water partition coefficient (Wildman–Crippen LogP) is 2.37. The van der Waals surface area contributed by atoms with E-state index in [4.69, 9.17) is 27.4 Å². The number of rotatable bonds is 10. The van der Waals surface area contributed by atoms with E-state index in [9.17, 15) is 9.59 Å². The van der Waals surface area contributed by atoms with Crippen molar-refractivity contribution < 1.29 is 19.1 Å². The minimum absolute atomic E-state index is 0.00445. The minimum Gasteiger partial charge on any atom is -0.374 e. The van der Waals surface area contributed by atoms with E-state index in [0.717, 1.165) is 5.56 Å². The summed E-state index contributed by atoms with van der Waals surface area (Å²) in [5.74, 6) is -1.14. The second-order valence-corrected chi connectivity index (χ2v) is 7.06. The van der Waals surface area contributed by atoms with Gasteiger partial charge in [-0.2, -0.15) is 5.10 Å². The van der Waals surface area contributed by atoms with Crippen molar-refractivity contribution in [1.29, 1.82) is 0 Å². The highest BCUT2D eigenvalue weighted by molar-refractivity contribution is 7.80. The van der Waals surface area contributed by atoms with Gasteiger partial charge in [0.15, 0.2) is 10.8 Å². The average molecular weight is 454 g/mol. The molecule has 0 spiro atoms. The van der Waals surface area contributed by atoms with Crippen molar-refractivity contribution in [3.63, 3.8) is 0 Å². The molecule has 2 aromatic carbocycles. The van der Waals surface area contributed by atoms with Crippen molar-refractivity contribution in [1.82, 2.24) is 15.5 Å². The van der Waals surface area contributed by atoms with E-state index in [-0.39, 0.29) is 29.0 Å². The summed E-state index contributed by atoms with van der Waals surface area (Å²) < 4.78 is 11.2. The van der Waals surface area contributed by atoms with E-state index in [0.29, 0.717) is 31.1 Å². The highest BCUT2D eigenvalue weighted by Crippen LogP contribution is 2.19. The summed E-state index contributed by atoms with van der Waals surface area (Å²) in [4.78, 5) is 24.0. The lowest BCUT2D eigenvalue weighted by atomic mass is 10.2. The minimum atomic E-state index is -0.751. The number of anilines is 1. The Bertz CT molecular complexity index is 1060. The summed E-state index contributed by atoms with van der Waals surface area (Å²) in [5, 5.41) is 12.0. The number of nitrogens with one attached hydrogen (secondary N) is 3. The van der Waals surface area contributed by atoms with Gasteiger partial charge in [-0.25, -0.2) is 0 Å². The van der Waals surface area contributed by atoms with Gasteiger partial charge in [0.05, 0.1) is 37.8 Å². The molecule has 3 aromatic rings. The van der Waals surface area contributed by atoms with Crippen LogP contribution < -0.4 is 16.4 Å². The summed E-state index contributed by atoms with van der Waals surface area (Å²) in [7, 11) is 0. The number of aromatic amines is 1. The fraction of sp³-hybridized carbons (Fsp3) is 0.182. The van der Waals surface area contributed by atoms with E-state index in [1.165, 1.54) is 0 Å². The topological polar surface area (TPSA) is 131 Å². The van der Waals surface area contributed by atoms with E-state index < -0.39 is 5.91 Å². The molecule has 0 bridgehead atoms. The number of nitrogens with zero attached hydrogens (tertiary/aromatic N) is 1. The Morgan fingerprint density at radius 1 is 0.969 bits per heavy atom. The number of aromatic nitrogens is 2. The second kappa shape index (κ2) is 11.7. The Morgan fingerprint density at radius 3 is 2.25 bits per heavy atom. The van der Waals surface area contributed by atoms with Gasteiger partial charge in [0.2, 0.25) is 0 Å². The van der Waals surface area contributed by atoms with Crippen LogP contribution in [0, 0.1) is 0 Å². The Labute approximate surface area is 190 Å². The number of amides is 2. The van der Waals surface area contributed by atoms with Crippen LogP contribution in [0.3, 0.4) is 0 Å². The molecule has 32 heavy (non-hydrogen) atoms. The standard InChI is InChI=1S/C22H23N5O4S/c23-20(28)19-18(24-22(32)25-21(29)16-9-5-2-6-10-16)17(26-27-19)14-31-12-11-30-13-15-7-3-1-4-8-15/h1-10H,11-14H2,(H2,23,28)(H,26,27)(H2,24,25,29,32). The number of H-pyrrole nitrogens is 1. The van der Waals surface area contributed by atoms with Gasteiger partial charge < -0.3 is 20.5 Å². The molecule has 0 radical (unpaired) electrons. The van der Waals surface area contributed by atoms with Gasteiger partial charge in [0.1, 0.15) is 0 Å². The maximum absolute atomic E-state index is 12.3. The van der Waals surface area contributed by atoms with Gasteiger partial charge in [0.25, 0.3) is 11.8 Å². The highest BCUT2D eigenvalue weighted by Gasteiger charge is 2.19. The van der Waals surface area contributed by atoms with Crippen molar-refractivity contribution in [2.75, 3.05) is 18.5 Å². The lowest BCUT2D eigenvalue weighted by Crippen LogP contribution is -2.34. The summed E-state index contributed by atoms with van der Waals surface area (Å²) in [6, 6.07) is 18.4. The Hall–Kier alpha value is -3.60. The van der Waals surface area contributed by atoms with Crippen LogP contribution in [0.5, 0.6) is 0 Å². The molecule has 0 saturated carbocycles. The van der Waals surface area contributed by atoms with Crippen molar-refractivity contribution in [2.45, 2.75) is 13.2 Å². The summed E-state index contributed by atoms with van der Waals surface area (Å²) in [6.07, 6.45) is 0. The largest absolute Gasteiger partial charge is 0.374 e. The molecule has 0 saturated heterocycles. The molecule has 0 fully saturated rings. The summed E-state index contributed by atoms with van der Waals surface area (Å²) in [6.45, 7) is 1.31. The molecular weight excluding hydrogens is 430 g/mol. The Balaban J connectivity index is 1.51. The molecule has 0 atom stereocenters. The second-order valence-electron chi connectivity index (χ2n) is 6.66. The highest BCUT2D eigenvalue weighted by atomic mass is 32.1. The van der Waals surface area contributed by atoms with E-state index in [2.05, 4.69) is 20.8 Å². The van der Waals surface area contributed by atoms with Crippen LogP contribution in [0.15, 0.2) is 60.7 Å². The predicted molar refractivity (Wildman–Crippen MR) is 123 cm³/mol. The monoisotopic (exact) mass is 453 g/mol. The molecular formula is C22H23N5O4S. The van der Waals surface area contributed by atoms with Gasteiger partial charge in [0, 0.05) is 5.56 Å². The lowest BCUT2D eigenvalue weighted by molar-refractivity contribution is 0.0330. The average Bonchev–Trinajstić information content (AvgIpc) is 3.19. The van der Waals surface area contributed by atoms with Crippen LogP contribution in [0.2, 0.25) is 0 Å². The summed E-state index contributed by atoms with van der Waals surface area (Å²) in [5.41, 5.74) is 7.58. The zero-order valence-corrected chi connectivity index (χ0v) is 18.0. The van der Waals surface area contributed by atoms with Crippen LogP contribution in [0.1, 0.15) is 32.1 Å². The molecule has 2 amide bonds. The number of nitrogens with two attached hydrogens (primary N) is 1. The fourth-order valence-corrected chi connectivity index (χ4v) is 2.96. The molecule has 3 rings (SSSR count). The molecule has 166 valence electrons. The number of thiocarbonyl (C=S) groups is 1. The molecule has 1 heterocycles. The van der Waals surface area contributed by atoms with Crippen molar-refractivity contribution >= 4 is 34.8 Å². The zero-order valence-electron chi connectivity index (χ0n) is 17.2. The fourth-order valence-electron chi connectivity index (χ4n) is 2.76. The Morgan fingerprint density at radius 2 is 1.59 bits per heavy atom. The van der Waals surface area contributed by atoms with Crippen LogP contribution in [0.4, 0.5) is 5.69 Å². The normalized spacial score (nSPS) is 10.5. The van der Waals surface area contributed by atoms with Gasteiger partial charge in [-0.15, -0.1) is 0 Å². The van der Waals surface area contributed by atoms with E-state index in [1.807, 2.05) is 30.3 Å². The number of carbonyl (C=O) groups excluding carboxylic acids is 2. The quantitative estimate of drug-likeness (QED) is 0.274. The zero-order chi connectivity index (χ0) is 22.8. The maximum atomic E-state index is 12.3. The third kappa shape index (κ3) is 6.71.